The maximum absolute atomic E-state index is 13.1. The molecule has 2 aromatic heterocycles. The SMILES string of the molecule is Cc1cc(-c2cn[nH]c2[C@H]2CCCCN2C(=O)Cc2ccc(F)cc2)on1. The molecule has 1 aromatic carbocycles. The van der Waals surface area contributed by atoms with Gasteiger partial charge in [0.05, 0.1) is 35.6 Å². The van der Waals surface area contributed by atoms with E-state index in [9.17, 15) is 9.18 Å². The smallest absolute Gasteiger partial charge is 0.227 e. The number of rotatable bonds is 4. The van der Waals surface area contributed by atoms with E-state index in [1.54, 1.807) is 18.3 Å². The zero-order chi connectivity index (χ0) is 18.8. The first-order valence-electron chi connectivity index (χ1n) is 9.12. The summed E-state index contributed by atoms with van der Waals surface area (Å²) in [6, 6.07) is 7.86. The molecule has 1 saturated heterocycles. The van der Waals surface area contributed by atoms with Gasteiger partial charge < -0.3 is 9.42 Å². The van der Waals surface area contributed by atoms with Crippen molar-refractivity contribution in [3.63, 3.8) is 0 Å². The summed E-state index contributed by atoms with van der Waals surface area (Å²) < 4.78 is 18.5. The average Bonchev–Trinajstić information content (AvgIpc) is 3.32. The number of piperidine rings is 1. The van der Waals surface area contributed by atoms with Gasteiger partial charge in [-0.05, 0) is 43.9 Å². The number of H-pyrrole nitrogens is 1. The van der Waals surface area contributed by atoms with Crippen molar-refractivity contribution in [1.29, 1.82) is 0 Å². The van der Waals surface area contributed by atoms with Crippen LogP contribution in [0.4, 0.5) is 4.39 Å². The van der Waals surface area contributed by atoms with Crippen LogP contribution >= 0.6 is 0 Å². The highest BCUT2D eigenvalue weighted by Gasteiger charge is 2.31. The summed E-state index contributed by atoms with van der Waals surface area (Å²) in [5, 5.41) is 11.2. The molecule has 0 bridgehead atoms. The first-order valence-corrected chi connectivity index (χ1v) is 9.12. The Morgan fingerprint density at radius 1 is 1.33 bits per heavy atom. The average molecular weight is 368 g/mol. The second-order valence-corrected chi connectivity index (χ2v) is 6.93. The van der Waals surface area contributed by atoms with Crippen LogP contribution in [0.15, 0.2) is 41.1 Å². The van der Waals surface area contributed by atoms with Crippen LogP contribution in [-0.2, 0) is 11.2 Å². The second-order valence-electron chi connectivity index (χ2n) is 6.93. The second kappa shape index (κ2) is 7.34. The van der Waals surface area contributed by atoms with Crippen molar-refractivity contribution >= 4 is 5.91 Å². The number of carbonyl (C=O) groups is 1. The molecule has 0 radical (unpaired) electrons. The lowest BCUT2D eigenvalue weighted by Gasteiger charge is -2.35. The molecule has 1 fully saturated rings. The molecule has 3 heterocycles. The van der Waals surface area contributed by atoms with Gasteiger partial charge in [0.1, 0.15) is 5.82 Å². The third-order valence-electron chi connectivity index (χ3n) is 4.99. The van der Waals surface area contributed by atoms with Crippen LogP contribution in [0.1, 0.15) is 42.3 Å². The van der Waals surface area contributed by atoms with E-state index in [1.807, 2.05) is 17.9 Å². The van der Waals surface area contributed by atoms with Gasteiger partial charge in [0.25, 0.3) is 0 Å². The van der Waals surface area contributed by atoms with Gasteiger partial charge in [0.2, 0.25) is 5.91 Å². The molecule has 0 aliphatic carbocycles. The Hall–Kier alpha value is -2.96. The highest BCUT2D eigenvalue weighted by atomic mass is 19.1. The zero-order valence-corrected chi connectivity index (χ0v) is 15.1. The van der Waals surface area contributed by atoms with E-state index >= 15 is 0 Å². The topological polar surface area (TPSA) is 75.0 Å². The van der Waals surface area contributed by atoms with Crippen molar-refractivity contribution in [2.75, 3.05) is 6.54 Å². The first kappa shape index (κ1) is 17.5. The predicted octanol–water partition coefficient (Wildman–Crippen LogP) is 3.81. The monoisotopic (exact) mass is 368 g/mol. The summed E-state index contributed by atoms with van der Waals surface area (Å²) in [6.45, 7) is 2.56. The highest BCUT2D eigenvalue weighted by Crippen LogP contribution is 2.36. The van der Waals surface area contributed by atoms with E-state index in [0.717, 1.165) is 41.8 Å². The van der Waals surface area contributed by atoms with Crippen molar-refractivity contribution in [2.45, 2.75) is 38.6 Å². The normalized spacial score (nSPS) is 17.3. The Balaban J connectivity index is 1.59. The molecule has 0 saturated carbocycles. The molecule has 1 N–H and O–H groups in total. The molecule has 6 nitrogen and oxygen atoms in total. The Kier molecular flexibility index (Phi) is 4.75. The Bertz CT molecular complexity index is 932. The lowest BCUT2D eigenvalue weighted by Crippen LogP contribution is -2.39. The van der Waals surface area contributed by atoms with Gasteiger partial charge in [-0.25, -0.2) is 4.39 Å². The number of nitrogens with one attached hydrogen (secondary N) is 1. The molecule has 1 amide bonds. The molecule has 0 unspecified atom stereocenters. The minimum atomic E-state index is -0.300. The Morgan fingerprint density at radius 3 is 2.89 bits per heavy atom. The maximum Gasteiger partial charge on any atom is 0.227 e. The van der Waals surface area contributed by atoms with Crippen LogP contribution in [0.25, 0.3) is 11.3 Å². The van der Waals surface area contributed by atoms with Gasteiger partial charge in [-0.2, -0.15) is 5.10 Å². The standard InChI is InChI=1S/C20H21FN4O2/c1-13-10-18(27-24-13)16-12-22-23-20(16)17-4-2-3-9-25(17)19(26)11-14-5-7-15(21)8-6-14/h5-8,10,12,17H,2-4,9,11H2,1H3,(H,22,23)/t17-/m1/s1. The minimum absolute atomic E-state index is 0.0283. The summed E-state index contributed by atoms with van der Waals surface area (Å²) in [6.07, 6.45) is 4.83. The molecule has 140 valence electrons. The van der Waals surface area contributed by atoms with E-state index in [4.69, 9.17) is 4.52 Å². The number of aryl methyl sites for hydroxylation is 1. The number of nitrogens with zero attached hydrogens (tertiary/aromatic N) is 3. The van der Waals surface area contributed by atoms with Crippen LogP contribution in [-0.4, -0.2) is 32.7 Å². The van der Waals surface area contributed by atoms with Crippen LogP contribution in [0.3, 0.4) is 0 Å². The number of likely N-dealkylation sites (tertiary alicyclic amines) is 1. The summed E-state index contributed by atoms with van der Waals surface area (Å²) in [5.41, 5.74) is 3.31. The largest absolute Gasteiger partial charge is 0.356 e. The molecule has 3 aromatic rings. The van der Waals surface area contributed by atoms with Crippen LogP contribution in [0, 0.1) is 12.7 Å². The van der Waals surface area contributed by atoms with Gasteiger partial charge in [0, 0.05) is 12.6 Å². The van der Waals surface area contributed by atoms with Gasteiger partial charge in [-0.3, -0.25) is 9.89 Å². The van der Waals surface area contributed by atoms with E-state index < -0.39 is 0 Å². The Morgan fingerprint density at radius 2 is 2.15 bits per heavy atom. The van der Waals surface area contributed by atoms with Gasteiger partial charge >= 0.3 is 0 Å². The van der Waals surface area contributed by atoms with Crippen molar-refractivity contribution in [1.82, 2.24) is 20.3 Å². The molecule has 27 heavy (non-hydrogen) atoms. The predicted molar refractivity (Wildman–Crippen MR) is 97.2 cm³/mol. The van der Waals surface area contributed by atoms with E-state index in [2.05, 4.69) is 15.4 Å². The molecule has 1 aliphatic heterocycles. The fourth-order valence-electron chi connectivity index (χ4n) is 3.65. The van der Waals surface area contributed by atoms with Gasteiger partial charge in [-0.1, -0.05) is 17.3 Å². The van der Waals surface area contributed by atoms with Crippen LogP contribution < -0.4 is 0 Å². The number of hydrogen-bond donors (Lipinski definition) is 1. The lowest BCUT2D eigenvalue weighted by atomic mass is 9.95. The fraction of sp³-hybridized carbons (Fsp3) is 0.350. The lowest BCUT2D eigenvalue weighted by molar-refractivity contribution is -0.134. The summed E-state index contributed by atoms with van der Waals surface area (Å²) >= 11 is 0. The fourth-order valence-corrected chi connectivity index (χ4v) is 3.65. The number of aromatic amines is 1. The molecule has 4 rings (SSSR count). The molecular weight excluding hydrogens is 347 g/mol. The zero-order valence-electron chi connectivity index (χ0n) is 15.1. The number of hydrogen-bond acceptors (Lipinski definition) is 4. The van der Waals surface area contributed by atoms with Gasteiger partial charge in [0.15, 0.2) is 5.76 Å². The van der Waals surface area contributed by atoms with Crippen molar-refractivity contribution < 1.29 is 13.7 Å². The van der Waals surface area contributed by atoms with E-state index in [0.29, 0.717) is 12.3 Å². The number of benzene rings is 1. The summed E-state index contributed by atoms with van der Waals surface area (Å²) in [5.74, 6) is 0.375. The first-order chi connectivity index (χ1) is 13.1. The summed E-state index contributed by atoms with van der Waals surface area (Å²) in [4.78, 5) is 14.9. The summed E-state index contributed by atoms with van der Waals surface area (Å²) in [7, 11) is 0. The van der Waals surface area contributed by atoms with Crippen molar-refractivity contribution in [2.24, 2.45) is 0 Å². The highest BCUT2D eigenvalue weighted by molar-refractivity contribution is 5.79. The van der Waals surface area contributed by atoms with Crippen LogP contribution in [0.2, 0.25) is 0 Å². The third-order valence-corrected chi connectivity index (χ3v) is 4.99. The molecule has 0 spiro atoms. The number of amides is 1. The number of carbonyl (C=O) groups excluding carboxylic acids is 1. The number of halogens is 1. The third kappa shape index (κ3) is 3.63. The minimum Gasteiger partial charge on any atom is -0.356 e. The molecular formula is C20H21FN4O2. The molecule has 7 heteroatoms. The van der Waals surface area contributed by atoms with E-state index in [1.165, 1.54) is 12.1 Å². The van der Waals surface area contributed by atoms with E-state index in [-0.39, 0.29) is 24.2 Å². The van der Waals surface area contributed by atoms with Gasteiger partial charge in [-0.15, -0.1) is 0 Å². The maximum atomic E-state index is 13.1. The van der Waals surface area contributed by atoms with Crippen molar-refractivity contribution in [3.8, 4) is 11.3 Å². The molecule has 1 atom stereocenters. The van der Waals surface area contributed by atoms with Crippen molar-refractivity contribution in [3.05, 3.63) is 59.3 Å². The van der Waals surface area contributed by atoms with Crippen LogP contribution in [0.5, 0.6) is 0 Å². The quantitative estimate of drug-likeness (QED) is 0.760. The molecule has 1 aliphatic rings. The Labute approximate surface area is 156 Å². The number of aromatic nitrogens is 3.